The molecule has 0 fully saturated rings. The number of ether oxygens (including phenoxy) is 1. The minimum Gasteiger partial charge on any atom is -0.484 e. The van der Waals surface area contributed by atoms with E-state index in [2.05, 4.69) is 21.2 Å². The second-order valence-corrected chi connectivity index (χ2v) is 5.35. The number of benzene rings is 2. The lowest BCUT2D eigenvalue weighted by Crippen LogP contribution is -2.20. The van der Waals surface area contributed by atoms with E-state index in [9.17, 15) is 4.79 Å². The smallest absolute Gasteiger partial charge is 0.262 e. The Kier molecular flexibility index (Phi) is 4.87. The van der Waals surface area contributed by atoms with Gasteiger partial charge in [-0.2, -0.15) is 0 Å². The van der Waals surface area contributed by atoms with Crippen LogP contribution in [0.4, 0.5) is 11.4 Å². The second kappa shape index (κ2) is 6.63. The number of carbonyl (C=O) groups is 1. The van der Waals surface area contributed by atoms with Crippen LogP contribution in [0, 0.1) is 0 Å². The Labute approximate surface area is 130 Å². The van der Waals surface area contributed by atoms with Crippen LogP contribution in [0.2, 0.25) is 5.02 Å². The molecular weight excluding hydrogens is 344 g/mol. The summed E-state index contributed by atoms with van der Waals surface area (Å²) >= 11 is 9.29. The standard InChI is InChI=1S/C14H12BrClN2O2/c15-9-1-4-11(5-2-9)20-8-14(19)18-13-6-3-10(17)7-12(13)16/h1-7H,8,17H2,(H,18,19). The van der Waals surface area contributed by atoms with Crippen molar-refractivity contribution in [2.45, 2.75) is 0 Å². The summed E-state index contributed by atoms with van der Waals surface area (Å²) in [7, 11) is 0. The fourth-order valence-electron chi connectivity index (χ4n) is 1.50. The van der Waals surface area contributed by atoms with E-state index in [-0.39, 0.29) is 12.5 Å². The highest BCUT2D eigenvalue weighted by molar-refractivity contribution is 9.10. The topological polar surface area (TPSA) is 64.3 Å². The summed E-state index contributed by atoms with van der Waals surface area (Å²) in [6, 6.07) is 12.1. The van der Waals surface area contributed by atoms with E-state index in [1.807, 2.05) is 12.1 Å². The maximum atomic E-state index is 11.8. The number of hydrogen-bond acceptors (Lipinski definition) is 3. The molecule has 1 amide bonds. The maximum absolute atomic E-state index is 11.8. The first-order valence-electron chi connectivity index (χ1n) is 5.78. The predicted molar refractivity (Wildman–Crippen MR) is 84.1 cm³/mol. The van der Waals surface area contributed by atoms with Gasteiger partial charge in [0, 0.05) is 10.2 Å². The number of halogens is 2. The number of nitrogen functional groups attached to an aromatic ring is 1. The Bertz CT molecular complexity index is 617. The first-order chi connectivity index (χ1) is 9.54. The third-order valence-corrected chi connectivity index (χ3v) is 3.29. The van der Waals surface area contributed by atoms with Crippen molar-refractivity contribution in [1.82, 2.24) is 0 Å². The molecule has 0 radical (unpaired) electrons. The summed E-state index contributed by atoms with van der Waals surface area (Å²) in [5.74, 6) is 0.325. The van der Waals surface area contributed by atoms with Crippen LogP contribution in [0.15, 0.2) is 46.9 Å². The minimum absolute atomic E-state index is 0.0949. The van der Waals surface area contributed by atoms with E-state index in [4.69, 9.17) is 22.1 Å². The fourth-order valence-corrected chi connectivity index (χ4v) is 2.00. The van der Waals surface area contributed by atoms with Gasteiger partial charge < -0.3 is 15.8 Å². The summed E-state index contributed by atoms with van der Waals surface area (Å²) in [5.41, 5.74) is 6.63. The molecule has 0 unspecified atom stereocenters. The van der Waals surface area contributed by atoms with Crippen molar-refractivity contribution in [1.29, 1.82) is 0 Å². The van der Waals surface area contributed by atoms with Gasteiger partial charge >= 0.3 is 0 Å². The molecule has 0 heterocycles. The Morgan fingerprint density at radius 3 is 2.60 bits per heavy atom. The van der Waals surface area contributed by atoms with Crippen molar-refractivity contribution in [2.24, 2.45) is 0 Å². The van der Waals surface area contributed by atoms with Crippen LogP contribution in [0.5, 0.6) is 5.75 Å². The lowest BCUT2D eigenvalue weighted by atomic mass is 10.3. The molecule has 0 spiro atoms. The molecule has 2 aromatic carbocycles. The van der Waals surface area contributed by atoms with Crippen molar-refractivity contribution < 1.29 is 9.53 Å². The molecule has 20 heavy (non-hydrogen) atoms. The van der Waals surface area contributed by atoms with Crippen molar-refractivity contribution in [3.8, 4) is 5.75 Å². The van der Waals surface area contributed by atoms with Crippen LogP contribution in [0.1, 0.15) is 0 Å². The molecule has 0 bridgehead atoms. The molecule has 2 aromatic rings. The highest BCUT2D eigenvalue weighted by Crippen LogP contribution is 2.24. The van der Waals surface area contributed by atoms with E-state index in [1.165, 1.54) is 0 Å². The highest BCUT2D eigenvalue weighted by Gasteiger charge is 2.07. The Morgan fingerprint density at radius 1 is 1.25 bits per heavy atom. The van der Waals surface area contributed by atoms with Gasteiger partial charge in [-0.05, 0) is 42.5 Å². The van der Waals surface area contributed by atoms with Crippen molar-refractivity contribution >= 4 is 44.8 Å². The average molecular weight is 356 g/mol. The van der Waals surface area contributed by atoms with Gasteiger partial charge in [-0.1, -0.05) is 27.5 Å². The SMILES string of the molecule is Nc1ccc(NC(=O)COc2ccc(Br)cc2)c(Cl)c1. The van der Waals surface area contributed by atoms with Gasteiger partial charge in [-0.25, -0.2) is 0 Å². The Morgan fingerprint density at radius 2 is 1.95 bits per heavy atom. The van der Waals surface area contributed by atoms with Crippen molar-refractivity contribution in [3.05, 3.63) is 52.0 Å². The number of anilines is 2. The van der Waals surface area contributed by atoms with E-state index in [0.29, 0.717) is 22.1 Å². The fraction of sp³-hybridized carbons (Fsp3) is 0.0714. The normalized spacial score (nSPS) is 10.1. The van der Waals surface area contributed by atoms with Crippen LogP contribution in [-0.4, -0.2) is 12.5 Å². The van der Waals surface area contributed by atoms with Gasteiger partial charge in [0.15, 0.2) is 6.61 Å². The van der Waals surface area contributed by atoms with Gasteiger partial charge in [-0.15, -0.1) is 0 Å². The van der Waals surface area contributed by atoms with E-state index in [0.717, 1.165) is 4.47 Å². The number of rotatable bonds is 4. The van der Waals surface area contributed by atoms with Crippen molar-refractivity contribution in [3.63, 3.8) is 0 Å². The Balaban J connectivity index is 1.90. The average Bonchev–Trinajstić information content (AvgIpc) is 2.41. The molecule has 2 rings (SSSR count). The number of nitrogens with one attached hydrogen (secondary N) is 1. The quantitative estimate of drug-likeness (QED) is 0.822. The molecule has 0 saturated heterocycles. The number of amides is 1. The lowest BCUT2D eigenvalue weighted by Gasteiger charge is -2.09. The summed E-state index contributed by atoms with van der Waals surface area (Å²) < 4.78 is 6.31. The summed E-state index contributed by atoms with van der Waals surface area (Å²) in [5, 5.41) is 3.05. The van der Waals surface area contributed by atoms with Crippen LogP contribution < -0.4 is 15.8 Å². The maximum Gasteiger partial charge on any atom is 0.262 e. The molecule has 0 saturated carbocycles. The van der Waals surface area contributed by atoms with Gasteiger partial charge in [-0.3, -0.25) is 4.79 Å². The molecule has 104 valence electrons. The highest BCUT2D eigenvalue weighted by atomic mass is 79.9. The Hall–Kier alpha value is -1.72. The van der Waals surface area contributed by atoms with E-state index >= 15 is 0 Å². The largest absolute Gasteiger partial charge is 0.484 e. The van der Waals surface area contributed by atoms with Gasteiger partial charge in [0.2, 0.25) is 0 Å². The molecular formula is C14H12BrClN2O2. The zero-order valence-electron chi connectivity index (χ0n) is 10.4. The van der Waals surface area contributed by atoms with Gasteiger partial charge in [0.25, 0.3) is 5.91 Å². The number of nitrogens with two attached hydrogens (primary N) is 1. The van der Waals surface area contributed by atoms with Gasteiger partial charge in [0.1, 0.15) is 5.75 Å². The molecule has 0 aliphatic heterocycles. The predicted octanol–water partition coefficient (Wildman–Crippen LogP) is 3.70. The molecule has 0 aliphatic rings. The zero-order valence-corrected chi connectivity index (χ0v) is 12.7. The monoisotopic (exact) mass is 354 g/mol. The number of hydrogen-bond donors (Lipinski definition) is 2. The van der Waals surface area contributed by atoms with Crippen molar-refractivity contribution in [2.75, 3.05) is 17.7 Å². The third-order valence-electron chi connectivity index (χ3n) is 2.45. The third kappa shape index (κ3) is 4.15. The van der Waals surface area contributed by atoms with Crippen LogP contribution in [-0.2, 0) is 4.79 Å². The minimum atomic E-state index is -0.292. The van der Waals surface area contributed by atoms with E-state index < -0.39 is 0 Å². The molecule has 3 N–H and O–H groups in total. The van der Waals surface area contributed by atoms with Gasteiger partial charge in [0.05, 0.1) is 10.7 Å². The van der Waals surface area contributed by atoms with E-state index in [1.54, 1.807) is 30.3 Å². The molecule has 4 nitrogen and oxygen atoms in total. The molecule has 6 heteroatoms. The molecule has 0 atom stereocenters. The molecule has 0 aliphatic carbocycles. The molecule has 0 aromatic heterocycles. The summed E-state index contributed by atoms with van der Waals surface area (Å²) in [6.07, 6.45) is 0. The first kappa shape index (κ1) is 14.7. The van der Waals surface area contributed by atoms with Crippen LogP contribution in [0.25, 0.3) is 0 Å². The second-order valence-electron chi connectivity index (χ2n) is 4.03. The lowest BCUT2D eigenvalue weighted by molar-refractivity contribution is -0.118. The summed E-state index contributed by atoms with van der Waals surface area (Å²) in [4.78, 5) is 11.8. The zero-order chi connectivity index (χ0) is 14.5. The van der Waals surface area contributed by atoms with Crippen LogP contribution >= 0.6 is 27.5 Å². The first-order valence-corrected chi connectivity index (χ1v) is 6.95. The van der Waals surface area contributed by atoms with Crippen LogP contribution in [0.3, 0.4) is 0 Å². The number of carbonyl (C=O) groups excluding carboxylic acids is 1. The summed E-state index contributed by atoms with van der Waals surface area (Å²) in [6.45, 7) is -0.0949.